The normalized spacial score (nSPS) is 14.7. The summed E-state index contributed by atoms with van der Waals surface area (Å²) in [5.74, 6) is 1.33. The van der Waals surface area contributed by atoms with Gasteiger partial charge in [-0.3, -0.25) is 0 Å². The minimum Gasteiger partial charge on any atom is -0.217 e. The molecule has 0 atom stereocenters. The molecule has 1 heterocycles. The average molecular weight is 710 g/mol. The number of hydrogen-bond acceptors (Lipinski definition) is 3. The Morgan fingerprint density at radius 1 is 0.268 bits per heavy atom. The van der Waals surface area contributed by atoms with Crippen molar-refractivity contribution in [3.8, 4) is 67.3 Å². The Bertz CT molecular complexity index is 2840. The van der Waals surface area contributed by atoms with Crippen molar-refractivity contribution in [2.75, 3.05) is 0 Å². The molecule has 0 saturated heterocycles. The predicted molar refractivity (Wildman–Crippen MR) is 223 cm³/mol. The molecule has 0 aliphatic heterocycles. The molecule has 13 rings (SSSR count). The van der Waals surface area contributed by atoms with Crippen LogP contribution in [-0.2, 0) is 10.8 Å². The summed E-state index contributed by atoms with van der Waals surface area (Å²) < 4.78 is 0. The molecule has 4 aliphatic rings. The third-order valence-corrected chi connectivity index (χ3v) is 13.1. The van der Waals surface area contributed by atoms with Crippen molar-refractivity contribution in [3.05, 3.63) is 233 Å². The third kappa shape index (κ3) is 3.52. The first-order valence-corrected chi connectivity index (χ1v) is 19.4. The van der Waals surface area contributed by atoms with E-state index in [1.165, 1.54) is 89.0 Å². The summed E-state index contributed by atoms with van der Waals surface area (Å²) in [7, 11) is 0. The molecule has 0 fully saturated rings. The molecule has 0 radical (unpaired) electrons. The highest BCUT2D eigenvalue weighted by molar-refractivity contribution is 5.97. The van der Waals surface area contributed by atoms with Crippen molar-refractivity contribution in [1.29, 1.82) is 0 Å². The van der Waals surface area contributed by atoms with Gasteiger partial charge in [-0.1, -0.05) is 170 Å². The van der Waals surface area contributed by atoms with Crippen LogP contribution in [0.1, 0.15) is 44.5 Å². The van der Waals surface area contributed by atoms with E-state index < -0.39 is 10.8 Å². The Morgan fingerprint density at radius 2 is 0.536 bits per heavy atom. The van der Waals surface area contributed by atoms with Gasteiger partial charge in [0.05, 0.1) is 10.8 Å². The molecule has 0 saturated carbocycles. The Kier molecular flexibility index (Phi) is 5.76. The number of benzene rings is 8. The van der Waals surface area contributed by atoms with E-state index in [1.54, 1.807) is 6.33 Å². The molecule has 1 aromatic heterocycles. The SMILES string of the molecule is c1ccc2c(c1)-c1ccccc1C21c2ccccc2-c2ccc(-c3ncnc(-c4ccc5c(c4)C4(c6ccccc6-c6ccccc64)c4ccccc4-5)n3)cc21. The van der Waals surface area contributed by atoms with E-state index in [0.717, 1.165) is 11.1 Å². The highest BCUT2D eigenvalue weighted by Gasteiger charge is 2.53. The van der Waals surface area contributed by atoms with E-state index in [0.29, 0.717) is 11.6 Å². The quantitative estimate of drug-likeness (QED) is 0.179. The van der Waals surface area contributed by atoms with Crippen LogP contribution in [0.2, 0.25) is 0 Å². The Hall–Kier alpha value is -7.23. The first-order valence-electron chi connectivity index (χ1n) is 19.4. The van der Waals surface area contributed by atoms with Gasteiger partial charge in [0.25, 0.3) is 0 Å². The van der Waals surface area contributed by atoms with Gasteiger partial charge in [0.1, 0.15) is 6.33 Å². The van der Waals surface area contributed by atoms with Gasteiger partial charge in [0.15, 0.2) is 11.6 Å². The summed E-state index contributed by atoms with van der Waals surface area (Å²) in [6, 6.07) is 67.1. The number of nitrogens with zero attached hydrogens (tertiary/aromatic N) is 3. The van der Waals surface area contributed by atoms with Gasteiger partial charge in [-0.2, -0.15) is 0 Å². The van der Waals surface area contributed by atoms with E-state index in [4.69, 9.17) is 15.0 Å². The van der Waals surface area contributed by atoms with Gasteiger partial charge in [-0.05, 0) is 101 Å². The monoisotopic (exact) mass is 709 g/mol. The summed E-state index contributed by atoms with van der Waals surface area (Å²) >= 11 is 0. The maximum atomic E-state index is 5.25. The Morgan fingerprint density at radius 3 is 0.839 bits per heavy atom. The lowest BCUT2D eigenvalue weighted by molar-refractivity contribution is 0.793. The molecule has 0 bridgehead atoms. The van der Waals surface area contributed by atoms with Gasteiger partial charge in [0, 0.05) is 11.1 Å². The number of rotatable bonds is 2. The highest BCUT2D eigenvalue weighted by atomic mass is 15.0. The minimum atomic E-state index is -0.428. The van der Waals surface area contributed by atoms with Crippen LogP contribution in [0, 0.1) is 0 Å². The van der Waals surface area contributed by atoms with Crippen LogP contribution < -0.4 is 0 Å². The van der Waals surface area contributed by atoms with Gasteiger partial charge in [-0.25, -0.2) is 15.0 Å². The molecule has 9 aromatic rings. The summed E-state index contributed by atoms with van der Waals surface area (Å²) in [4.78, 5) is 14.9. The predicted octanol–water partition coefficient (Wildman–Crippen LogP) is 11.9. The van der Waals surface area contributed by atoms with Crippen LogP contribution in [0.5, 0.6) is 0 Å². The molecule has 3 heteroatoms. The molecule has 0 unspecified atom stereocenters. The lowest BCUT2D eigenvalue weighted by atomic mass is 9.70. The first-order chi connectivity index (χ1) is 27.8. The maximum Gasteiger partial charge on any atom is 0.163 e. The fraction of sp³-hybridized carbons (Fsp3) is 0.0377. The molecular formula is C53H31N3. The van der Waals surface area contributed by atoms with Crippen molar-refractivity contribution < 1.29 is 0 Å². The Labute approximate surface area is 324 Å². The summed E-state index contributed by atoms with van der Waals surface area (Å²) in [6.45, 7) is 0. The zero-order valence-corrected chi connectivity index (χ0v) is 30.2. The fourth-order valence-electron chi connectivity index (χ4n) is 11.0. The van der Waals surface area contributed by atoms with Crippen molar-refractivity contribution in [2.45, 2.75) is 10.8 Å². The lowest BCUT2D eigenvalue weighted by Crippen LogP contribution is -2.25. The first kappa shape index (κ1) is 30.1. The largest absolute Gasteiger partial charge is 0.217 e. The standard InChI is InChI=1S/C53H31N3/c1-7-19-42-34(13-1)35-14-2-8-20-43(35)52(42)46-23-11-5-17-38(46)40-27-25-32(29-48(40)52)50-54-31-55-51(56-50)33-26-28-41-39-18-6-12-24-47(39)53(49(41)30-33)44-21-9-3-15-36(44)37-16-4-10-22-45(37)53/h1-31H. The highest BCUT2D eigenvalue weighted by Crippen LogP contribution is 2.64. The fourth-order valence-corrected chi connectivity index (χ4v) is 11.0. The molecule has 0 amide bonds. The van der Waals surface area contributed by atoms with E-state index in [9.17, 15) is 0 Å². The molecular weight excluding hydrogens is 679 g/mol. The molecule has 0 N–H and O–H groups in total. The molecule has 4 aliphatic carbocycles. The van der Waals surface area contributed by atoms with E-state index in [1.807, 2.05) is 0 Å². The number of aromatic nitrogens is 3. The van der Waals surface area contributed by atoms with Crippen LogP contribution in [0.25, 0.3) is 67.3 Å². The summed E-state index contributed by atoms with van der Waals surface area (Å²) in [5, 5.41) is 0. The molecule has 56 heavy (non-hydrogen) atoms. The van der Waals surface area contributed by atoms with Gasteiger partial charge < -0.3 is 0 Å². The van der Waals surface area contributed by atoms with E-state index in [2.05, 4.69) is 182 Å². The zero-order chi connectivity index (χ0) is 36.6. The maximum absolute atomic E-state index is 5.25. The second-order valence-electron chi connectivity index (χ2n) is 15.4. The second-order valence-corrected chi connectivity index (χ2v) is 15.4. The van der Waals surface area contributed by atoms with Crippen molar-refractivity contribution in [3.63, 3.8) is 0 Å². The van der Waals surface area contributed by atoms with Gasteiger partial charge in [0.2, 0.25) is 0 Å². The van der Waals surface area contributed by atoms with Crippen molar-refractivity contribution >= 4 is 0 Å². The zero-order valence-electron chi connectivity index (χ0n) is 30.2. The van der Waals surface area contributed by atoms with E-state index in [-0.39, 0.29) is 0 Å². The van der Waals surface area contributed by atoms with Crippen LogP contribution in [-0.4, -0.2) is 15.0 Å². The number of fused-ring (bicyclic) bond motifs is 20. The average Bonchev–Trinajstić information content (AvgIpc) is 3.95. The van der Waals surface area contributed by atoms with Crippen LogP contribution in [0.4, 0.5) is 0 Å². The molecule has 3 nitrogen and oxygen atoms in total. The van der Waals surface area contributed by atoms with E-state index >= 15 is 0 Å². The van der Waals surface area contributed by atoms with Gasteiger partial charge in [-0.15, -0.1) is 0 Å². The van der Waals surface area contributed by atoms with Gasteiger partial charge >= 0.3 is 0 Å². The van der Waals surface area contributed by atoms with Crippen molar-refractivity contribution in [2.24, 2.45) is 0 Å². The summed E-state index contributed by atoms with van der Waals surface area (Å²) in [5.41, 5.74) is 21.8. The molecule has 2 spiro atoms. The van der Waals surface area contributed by atoms with Crippen molar-refractivity contribution in [1.82, 2.24) is 15.0 Å². The summed E-state index contributed by atoms with van der Waals surface area (Å²) in [6.07, 6.45) is 1.67. The van der Waals surface area contributed by atoms with Crippen LogP contribution in [0.3, 0.4) is 0 Å². The minimum absolute atomic E-state index is 0.428. The second kappa shape index (κ2) is 10.7. The van der Waals surface area contributed by atoms with Crippen LogP contribution >= 0.6 is 0 Å². The molecule has 8 aromatic carbocycles. The smallest absolute Gasteiger partial charge is 0.163 e. The lowest BCUT2D eigenvalue weighted by Gasteiger charge is -2.30. The number of hydrogen-bond donors (Lipinski definition) is 0. The third-order valence-electron chi connectivity index (χ3n) is 13.1. The van der Waals surface area contributed by atoms with Crippen LogP contribution in [0.15, 0.2) is 188 Å². The Balaban J connectivity index is 0.994. The topological polar surface area (TPSA) is 38.7 Å². The molecule has 258 valence electrons.